The van der Waals surface area contributed by atoms with E-state index in [1.54, 1.807) is 28.0 Å². The van der Waals surface area contributed by atoms with Crippen LogP contribution in [0.3, 0.4) is 0 Å². The average molecular weight is 351 g/mol. The molecule has 2 fully saturated rings. The van der Waals surface area contributed by atoms with Gasteiger partial charge in [0.2, 0.25) is 5.91 Å². The van der Waals surface area contributed by atoms with Gasteiger partial charge >= 0.3 is 5.97 Å². The number of carboxylic acids is 1. The third-order valence-electron chi connectivity index (χ3n) is 5.53. The van der Waals surface area contributed by atoms with E-state index in [-0.39, 0.29) is 17.2 Å². The molecule has 1 aromatic heterocycles. The Morgan fingerprint density at radius 3 is 2.91 bits per heavy atom. The van der Waals surface area contributed by atoms with E-state index < -0.39 is 12.0 Å². The van der Waals surface area contributed by atoms with Crippen LogP contribution in [-0.4, -0.2) is 39.7 Å². The van der Waals surface area contributed by atoms with Crippen molar-refractivity contribution in [1.29, 1.82) is 0 Å². The maximum atomic E-state index is 13.3. The number of nitrogens with zero attached hydrogens (tertiary/aromatic N) is 1. The van der Waals surface area contributed by atoms with Crippen LogP contribution in [0.15, 0.2) is 11.4 Å². The minimum Gasteiger partial charge on any atom is -0.480 e. The van der Waals surface area contributed by atoms with Gasteiger partial charge in [-0.15, -0.1) is 23.1 Å². The molecule has 0 radical (unpaired) electrons. The fourth-order valence-corrected chi connectivity index (χ4v) is 6.83. The van der Waals surface area contributed by atoms with Gasteiger partial charge in [-0.25, -0.2) is 4.79 Å². The first kappa shape index (κ1) is 15.5. The van der Waals surface area contributed by atoms with E-state index in [9.17, 15) is 14.7 Å². The van der Waals surface area contributed by atoms with Crippen molar-refractivity contribution in [1.82, 2.24) is 4.90 Å². The number of thiophene rings is 1. The normalized spacial score (nSPS) is 33.1. The first-order valence-electron chi connectivity index (χ1n) is 8.39. The SMILES string of the molecule is O=C(O)C1CC2CCCCC2N1C(=O)C1SCCc2sccc21. The number of thioether (sulfide) groups is 1. The Hall–Kier alpha value is -1.01. The van der Waals surface area contributed by atoms with Gasteiger partial charge in [-0.3, -0.25) is 4.79 Å². The second kappa shape index (κ2) is 6.13. The van der Waals surface area contributed by atoms with E-state index in [4.69, 9.17) is 0 Å². The first-order chi connectivity index (χ1) is 11.2. The van der Waals surface area contributed by atoms with Crippen LogP contribution < -0.4 is 0 Å². The van der Waals surface area contributed by atoms with Crippen LogP contribution >= 0.6 is 23.1 Å². The van der Waals surface area contributed by atoms with Gasteiger partial charge in [0.25, 0.3) is 0 Å². The molecule has 1 N–H and O–H groups in total. The minimum absolute atomic E-state index is 0.0381. The smallest absolute Gasteiger partial charge is 0.326 e. The Morgan fingerprint density at radius 2 is 2.09 bits per heavy atom. The fraction of sp³-hybridized carbons (Fsp3) is 0.647. The maximum absolute atomic E-state index is 13.3. The number of carboxylic acid groups (broad SMARTS) is 1. The van der Waals surface area contributed by atoms with Gasteiger partial charge in [0.15, 0.2) is 0 Å². The molecule has 1 aliphatic carbocycles. The summed E-state index contributed by atoms with van der Waals surface area (Å²) in [5.74, 6) is 0.531. The molecule has 4 atom stereocenters. The molecule has 1 amide bonds. The summed E-state index contributed by atoms with van der Waals surface area (Å²) in [6, 6.07) is 1.57. The highest BCUT2D eigenvalue weighted by molar-refractivity contribution is 8.00. The predicted molar refractivity (Wildman–Crippen MR) is 91.9 cm³/mol. The molecule has 3 aliphatic rings. The molecule has 1 saturated heterocycles. The molecular formula is C17H21NO3S2. The predicted octanol–water partition coefficient (Wildman–Crippen LogP) is 3.32. The summed E-state index contributed by atoms with van der Waals surface area (Å²) >= 11 is 3.40. The number of likely N-dealkylation sites (tertiary alicyclic amines) is 1. The van der Waals surface area contributed by atoms with Crippen molar-refractivity contribution in [3.63, 3.8) is 0 Å². The lowest BCUT2D eigenvalue weighted by Crippen LogP contribution is -2.48. The number of carbonyl (C=O) groups excluding carboxylic acids is 1. The van der Waals surface area contributed by atoms with Crippen molar-refractivity contribution in [2.45, 2.75) is 55.9 Å². The molecule has 4 rings (SSSR count). The molecule has 1 saturated carbocycles. The number of fused-ring (bicyclic) bond motifs is 2. The van der Waals surface area contributed by atoms with Crippen LogP contribution in [-0.2, 0) is 16.0 Å². The van der Waals surface area contributed by atoms with Crippen molar-refractivity contribution < 1.29 is 14.7 Å². The van der Waals surface area contributed by atoms with E-state index in [2.05, 4.69) is 11.4 Å². The summed E-state index contributed by atoms with van der Waals surface area (Å²) in [4.78, 5) is 28.1. The van der Waals surface area contributed by atoms with Crippen molar-refractivity contribution in [2.24, 2.45) is 5.92 Å². The zero-order chi connectivity index (χ0) is 16.0. The van der Waals surface area contributed by atoms with E-state index in [1.807, 2.05) is 0 Å². The molecule has 124 valence electrons. The van der Waals surface area contributed by atoms with Crippen molar-refractivity contribution in [2.75, 3.05) is 5.75 Å². The van der Waals surface area contributed by atoms with Gasteiger partial charge in [-0.05, 0) is 54.4 Å². The topological polar surface area (TPSA) is 57.6 Å². The summed E-state index contributed by atoms with van der Waals surface area (Å²) in [5, 5.41) is 11.5. The molecule has 6 heteroatoms. The Bertz CT molecular complexity index is 629. The third-order valence-corrected chi connectivity index (χ3v) is 7.75. The van der Waals surface area contributed by atoms with Crippen LogP contribution in [0.25, 0.3) is 0 Å². The summed E-state index contributed by atoms with van der Waals surface area (Å²) in [5.41, 5.74) is 1.12. The van der Waals surface area contributed by atoms with Crippen LogP contribution in [0.1, 0.15) is 47.8 Å². The third kappa shape index (κ3) is 2.60. The summed E-state index contributed by atoms with van der Waals surface area (Å²) in [7, 11) is 0. The maximum Gasteiger partial charge on any atom is 0.326 e. The van der Waals surface area contributed by atoms with Gasteiger partial charge in [0.1, 0.15) is 11.3 Å². The van der Waals surface area contributed by atoms with E-state index in [0.717, 1.165) is 37.0 Å². The number of hydrogen-bond donors (Lipinski definition) is 1. The van der Waals surface area contributed by atoms with Crippen molar-refractivity contribution in [3.8, 4) is 0 Å². The molecule has 2 aliphatic heterocycles. The summed E-state index contributed by atoms with van der Waals surface area (Å²) in [6.07, 6.45) is 5.98. The van der Waals surface area contributed by atoms with Gasteiger partial charge in [-0.1, -0.05) is 12.8 Å². The second-order valence-electron chi connectivity index (χ2n) is 6.75. The minimum atomic E-state index is -0.834. The largest absolute Gasteiger partial charge is 0.480 e. The highest BCUT2D eigenvalue weighted by Crippen LogP contribution is 2.45. The quantitative estimate of drug-likeness (QED) is 0.888. The first-order valence-corrected chi connectivity index (χ1v) is 10.3. The highest BCUT2D eigenvalue weighted by Gasteiger charge is 2.49. The molecule has 0 bridgehead atoms. The van der Waals surface area contributed by atoms with Crippen molar-refractivity contribution >= 4 is 35.0 Å². The molecule has 4 unspecified atom stereocenters. The molecule has 0 spiro atoms. The van der Waals surface area contributed by atoms with E-state index in [0.29, 0.717) is 12.3 Å². The van der Waals surface area contributed by atoms with Crippen LogP contribution in [0.5, 0.6) is 0 Å². The lowest BCUT2D eigenvalue weighted by molar-refractivity contribution is -0.149. The van der Waals surface area contributed by atoms with Gasteiger partial charge < -0.3 is 10.0 Å². The highest BCUT2D eigenvalue weighted by atomic mass is 32.2. The molecule has 4 nitrogen and oxygen atoms in total. The molecular weight excluding hydrogens is 330 g/mol. The Balaban J connectivity index is 1.65. The van der Waals surface area contributed by atoms with Crippen molar-refractivity contribution in [3.05, 3.63) is 21.9 Å². The fourth-order valence-electron chi connectivity index (χ4n) is 4.48. The Kier molecular flexibility index (Phi) is 4.13. The van der Waals surface area contributed by atoms with Gasteiger partial charge in [-0.2, -0.15) is 0 Å². The average Bonchev–Trinajstić information content (AvgIpc) is 3.18. The molecule has 23 heavy (non-hydrogen) atoms. The van der Waals surface area contributed by atoms with E-state index in [1.165, 1.54) is 11.3 Å². The summed E-state index contributed by atoms with van der Waals surface area (Å²) < 4.78 is 0. The zero-order valence-electron chi connectivity index (χ0n) is 12.9. The molecule has 1 aromatic rings. The monoisotopic (exact) mass is 351 g/mol. The number of rotatable bonds is 2. The number of aryl methyl sites for hydroxylation is 1. The lowest BCUT2D eigenvalue weighted by atomic mass is 9.84. The summed E-state index contributed by atoms with van der Waals surface area (Å²) in [6.45, 7) is 0. The lowest BCUT2D eigenvalue weighted by Gasteiger charge is -2.36. The van der Waals surface area contributed by atoms with Gasteiger partial charge in [0.05, 0.1) is 0 Å². The Labute approximate surface area is 144 Å². The van der Waals surface area contributed by atoms with E-state index >= 15 is 0 Å². The second-order valence-corrected chi connectivity index (χ2v) is 8.96. The number of carbonyl (C=O) groups is 2. The zero-order valence-corrected chi connectivity index (χ0v) is 14.6. The number of amides is 1. The van der Waals surface area contributed by atoms with Crippen LogP contribution in [0, 0.1) is 5.92 Å². The molecule has 0 aromatic carbocycles. The Morgan fingerprint density at radius 1 is 1.26 bits per heavy atom. The standard InChI is InChI=1S/C17H21NO3S2/c19-16(15-11-5-7-22-14(11)6-8-23-15)18-12-4-2-1-3-10(12)9-13(18)17(20)21/h5,7,10,12-13,15H,1-4,6,8-9H2,(H,20,21). The number of hydrogen-bond acceptors (Lipinski definition) is 4. The van der Waals surface area contributed by atoms with Crippen LogP contribution in [0.4, 0.5) is 0 Å². The van der Waals surface area contributed by atoms with Crippen LogP contribution in [0.2, 0.25) is 0 Å². The molecule has 3 heterocycles. The van der Waals surface area contributed by atoms with Gasteiger partial charge in [0, 0.05) is 10.9 Å². The number of aliphatic carboxylic acids is 1.